The molecule has 0 radical (unpaired) electrons. The first-order chi connectivity index (χ1) is 27.9. The standard InChI is InChI=1S/C52H94N2O7/c1-18-51(13,14)52(15,45(53)61-33-31-54(16)17)39-48(7,8)27-22-23-29-49(9,10)42(44(57)60-36-35-58-40-25-20-19-21-26-40)38-47(5,6)28-24-30-50(11,12)41(37-46(2,3)4)43(56)59-34-32-55/h19-21,25-26,41-42,53,55H,18,22-24,27-39H2,1-17H3. The Balaban J connectivity index is 3.17. The molecule has 2 N–H and O–H groups in total. The minimum absolute atomic E-state index is 0.0151. The van der Waals surface area contributed by atoms with E-state index in [4.69, 9.17) is 24.4 Å². The van der Waals surface area contributed by atoms with Crippen molar-refractivity contribution >= 4 is 17.8 Å². The molecule has 0 aliphatic heterocycles. The van der Waals surface area contributed by atoms with Gasteiger partial charge in [0.2, 0.25) is 0 Å². The van der Waals surface area contributed by atoms with Gasteiger partial charge in [0.05, 0.1) is 18.4 Å². The van der Waals surface area contributed by atoms with Crippen LogP contribution in [0.15, 0.2) is 30.3 Å². The first-order valence-corrected chi connectivity index (χ1v) is 23.4. The van der Waals surface area contributed by atoms with Crippen molar-refractivity contribution in [1.29, 1.82) is 5.41 Å². The van der Waals surface area contributed by atoms with Gasteiger partial charge in [0.15, 0.2) is 5.90 Å². The van der Waals surface area contributed by atoms with E-state index in [1.165, 1.54) is 0 Å². The number of para-hydroxylation sites is 1. The van der Waals surface area contributed by atoms with Crippen LogP contribution in [0.3, 0.4) is 0 Å². The van der Waals surface area contributed by atoms with Crippen LogP contribution in [0.25, 0.3) is 0 Å². The molecule has 9 nitrogen and oxygen atoms in total. The summed E-state index contributed by atoms with van der Waals surface area (Å²) in [5.41, 5.74) is -1.37. The van der Waals surface area contributed by atoms with Gasteiger partial charge in [-0.2, -0.15) is 0 Å². The van der Waals surface area contributed by atoms with Crippen molar-refractivity contribution < 1.29 is 33.6 Å². The van der Waals surface area contributed by atoms with E-state index in [2.05, 4.69) is 109 Å². The number of hydrogen-bond acceptors (Lipinski definition) is 9. The Hall–Kier alpha value is -2.65. The summed E-state index contributed by atoms with van der Waals surface area (Å²) in [5.74, 6) is 0.143. The molecule has 0 amide bonds. The van der Waals surface area contributed by atoms with Gasteiger partial charge in [-0.05, 0) is 110 Å². The molecule has 0 spiro atoms. The number of benzene rings is 1. The Morgan fingerprint density at radius 2 is 1.16 bits per heavy atom. The maximum absolute atomic E-state index is 14.2. The van der Waals surface area contributed by atoms with Crippen LogP contribution < -0.4 is 4.74 Å². The van der Waals surface area contributed by atoms with Crippen LogP contribution in [-0.2, 0) is 23.8 Å². The Morgan fingerprint density at radius 1 is 0.656 bits per heavy atom. The number of hydrogen-bond donors (Lipinski definition) is 2. The molecule has 0 aliphatic carbocycles. The fourth-order valence-corrected chi connectivity index (χ4v) is 8.90. The Morgan fingerprint density at radius 3 is 1.69 bits per heavy atom. The minimum Gasteiger partial charge on any atom is -0.490 e. The smallest absolute Gasteiger partial charge is 0.309 e. The topological polar surface area (TPSA) is 118 Å². The summed E-state index contributed by atoms with van der Waals surface area (Å²) in [6.07, 6.45) is 9.75. The first-order valence-electron chi connectivity index (χ1n) is 23.4. The number of aliphatic hydroxyl groups is 1. The number of nitrogens with zero attached hydrogens (tertiary/aromatic N) is 1. The van der Waals surface area contributed by atoms with Gasteiger partial charge in [-0.25, -0.2) is 0 Å². The van der Waals surface area contributed by atoms with Crippen LogP contribution in [0.5, 0.6) is 5.75 Å². The number of ether oxygens (including phenoxy) is 4. The summed E-state index contributed by atoms with van der Waals surface area (Å²) in [6.45, 7) is 35.0. The highest BCUT2D eigenvalue weighted by molar-refractivity contribution is 5.80. The van der Waals surface area contributed by atoms with Gasteiger partial charge in [-0.3, -0.25) is 15.0 Å². The number of carbonyl (C=O) groups is 2. The van der Waals surface area contributed by atoms with E-state index in [1.54, 1.807) is 0 Å². The van der Waals surface area contributed by atoms with E-state index >= 15 is 0 Å². The zero-order valence-electron chi connectivity index (χ0n) is 42.4. The van der Waals surface area contributed by atoms with Crippen molar-refractivity contribution in [3.05, 3.63) is 30.3 Å². The van der Waals surface area contributed by atoms with E-state index < -0.39 is 5.41 Å². The Bertz CT molecular complexity index is 1440. The summed E-state index contributed by atoms with van der Waals surface area (Å²) < 4.78 is 23.5. The molecule has 61 heavy (non-hydrogen) atoms. The van der Waals surface area contributed by atoms with Gasteiger partial charge in [0, 0.05) is 12.0 Å². The highest BCUT2D eigenvalue weighted by Gasteiger charge is 2.48. The molecule has 0 fully saturated rings. The van der Waals surface area contributed by atoms with Crippen LogP contribution >= 0.6 is 0 Å². The lowest BCUT2D eigenvalue weighted by Gasteiger charge is -2.47. The van der Waals surface area contributed by atoms with Crippen molar-refractivity contribution in [3.8, 4) is 5.75 Å². The van der Waals surface area contributed by atoms with Gasteiger partial charge in [0.25, 0.3) is 0 Å². The summed E-state index contributed by atoms with van der Waals surface area (Å²) in [5, 5.41) is 18.5. The fraction of sp³-hybridized carbons (Fsp3) is 0.827. The predicted molar refractivity (Wildman–Crippen MR) is 253 cm³/mol. The molecule has 354 valence electrons. The third-order valence-electron chi connectivity index (χ3n) is 13.8. The van der Waals surface area contributed by atoms with Crippen molar-refractivity contribution in [3.63, 3.8) is 0 Å². The molecular weight excluding hydrogens is 765 g/mol. The first kappa shape index (κ1) is 56.4. The van der Waals surface area contributed by atoms with Crippen molar-refractivity contribution in [1.82, 2.24) is 4.90 Å². The van der Waals surface area contributed by atoms with E-state index in [-0.39, 0.29) is 76.1 Å². The average Bonchev–Trinajstić information content (AvgIpc) is 3.14. The second-order valence-corrected chi connectivity index (χ2v) is 23.4. The normalized spacial score (nSPS) is 15.2. The number of nitrogens with one attached hydrogen (secondary N) is 1. The second-order valence-electron chi connectivity index (χ2n) is 23.4. The molecule has 0 bridgehead atoms. The average molecular weight is 859 g/mol. The van der Waals surface area contributed by atoms with Gasteiger partial charge >= 0.3 is 11.9 Å². The summed E-state index contributed by atoms with van der Waals surface area (Å²) in [4.78, 5) is 29.5. The van der Waals surface area contributed by atoms with E-state index in [1.807, 2.05) is 44.4 Å². The number of rotatable bonds is 30. The lowest BCUT2D eigenvalue weighted by molar-refractivity contribution is -0.157. The molecule has 0 aromatic heterocycles. The van der Waals surface area contributed by atoms with Crippen LogP contribution in [0, 0.1) is 55.2 Å². The molecule has 3 atom stereocenters. The van der Waals surface area contributed by atoms with Gasteiger partial charge in [0.1, 0.15) is 32.2 Å². The van der Waals surface area contributed by atoms with Crippen molar-refractivity contribution in [2.24, 2.45) is 49.7 Å². The minimum atomic E-state index is -0.409. The Kier molecular flexibility index (Phi) is 22.6. The van der Waals surface area contributed by atoms with Crippen molar-refractivity contribution in [2.75, 3.05) is 53.7 Å². The lowest BCUT2D eigenvalue weighted by atomic mass is 9.58. The fourth-order valence-electron chi connectivity index (χ4n) is 8.90. The molecule has 0 saturated heterocycles. The van der Waals surface area contributed by atoms with Crippen LogP contribution in [-0.4, -0.2) is 81.5 Å². The number of esters is 2. The highest BCUT2D eigenvalue weighted by atomic mass is 16.6. The quantitative estimate of drug-likeness (QED) is 0.0340. The number of carbonyl (C=O) groups excluding carboxylic acids is 2. The van der Waals surface area contributed by atoms with Crippen LogP contribution in [0.1, 0.15) is 174 Å². The highest BCUT2D eigenvalue weighted by Crippen LogP contribution is 2.51. The van der Waals surface area contributed by atoms with Gasteiger partial charge in [-0.15, -0.1) is 0 Å². The molecule has 3 unspecified atom stereocenters. The molecular formula is C52H94N2O7. The molecule has 0 aliphatic rings. The third-order valence-corrected chi connectivity index (χ3v) is 13.8. The summed E-state index contributed by atoms with van der Waals surface area (Å²) >= 11 is 0. The number of aliphatic hydroxyl groups excluding tert-OH is 1. The maximum Gasteiger partial charge on any atom is 0.309 e. The van der Waals surface area contributed by atoms with E-state index in [0.717, 1.165) is 70.1 Å². The monoisotopic (exact) mass is 859 g/mol. The number of likely N-dealkylation sites (N-methyl/N-ethyl adjacent to an activating group) is 1. The van der Waals surface area contributed by atoms with Crippen LogP contribution in [0.2, 0.25) is 0 Å². The third kappa shape index (κ3) is 20.2. The van der Waals surface area contributed by atoms with Crippen molar-refractivity contribution in [2.45, 2.75) is 174 Å². The van der Waals surface area contributed by atoms with Crippen LogP contribution in [0.4, 0.5) is 0 Å². The number of unbranched alkanes of at least 4 members (excludes halogenated alkanes) is 1. The molecule has 1 aromatic rings. The maximum atomic E-state index is 14.2. The van der Waals surface area contributed by atoms with Gasteiger partial charge < -0.3 is 29.0 Å². The zero-order chi connectivity index (χ0) is 46.9. The molecule has 0 heterocycles. The summed E-state index contributed by atoms with van der Waals surface area (Å²) in [6, 6.07) is 9.60. The molecule has 1 aromatic carbocycles. The van der Waals surface area contributed by atoms with E-state index in [9.17, 15) is 14.7 Å². The predicted octanol–water partition coefficient (Wildman–Crippen LogP) is 12.4. The Labute approximate surface area is 374 Å². The summed E-state index contributed by atoms with van der Waals surface area (Å²) in [7, 11) is 4.05. The lowest BCUT2D eigenvalue weighted by Crippen LogP contribution is -2.46. The largest absolute Gasteiger partial charge is 0.490 e. The van der Waals surface area contributed by atoms with Gasteiger partial charge in [-0.1, -0.05) is 141 Å². The molecule has 9 heteroatoms. The second kappa shape index (κ2) is 24.4. The van der Waals surface area contributed by atoms with E-state index in [0.29, 0.717) is 32.0 Å². The zero-order valence-corrected chi connectivity index (χ0v) is 42.4. The molecule has 1 rings (SSSR count). The molecule has 0 saturated carbocycles. The SMILES string of the molecule is CCC(C)(C)C(C)(CC(C)(C)CCCCC(C)(C)C(CC(C)(C)CCCC(C)(C)C(CC(C)(C)C)C(=O)OCCO)C(=O)OCCOc1ccccc1)C(=N)OCCN(C)C.